The molecular weight excluding hydrogens is 969 g/mol. The van der Waals surface area contributed by atoms with Gasteiger partial charge in [-0.1, -0.05) is 218 Å². The lowest BCUT2D eigenvalue weighted by Crippen LogP contribution is -1.94. The third-order valence-corrected chi connectivity index (χ3v) is 17.0. The van der Waals surface area contributed by atoms with Crippen LogP contribution in [-0.2, 0) is 0 Å². The molecule has 0 bridgehead atoms. The monoisotopic (exact) mass is 1010 g/mol. The lowest BCUT2D eigenvalue weighted by molar-refractivity contribution is 0.669. The van der Waals surface area contributed by atoms with Gasteiger partial charge >= 0.3 is 0 Å². The van der Waals surface area contributed by atoms with Crippen molar-refractivity contribution < 1.29 is 8.83 Å². The van der Waals surface area contributed by atoms with Gasteiger partial charge in [0.05, 0.1) is 0 Å². The van der Waals surface area contributed by atoms with Crippen molar-refractivity contribution in [3.63, 3.8) is 0 Å². The van der Waals surface area contributed by atoms with Gasteiger partial charge in [-0.3, -0.25) is 0 Å². The summed E-state index contributed by atoms with van der Waals surface area (Å²) in [6.45, 7) is 0. The number of furan rings is 2. The molecule has 0 atom stereocenters. The molecule has 80 heavy (non-hydrogen) atoms. The zero-order valence-electron chi connectivity index (χ0n) is 43.4. The van der Waals surface area contributed by atoms with Gasteiger partial charge in [0, 0.05) is 21.5 Å². The molecule has 370 valence electrons. The van der Waals surface area contributed by atoms with E-state index in [0.29, 0.717) is 0 Å². The van der Waals surface area contributed by atoms with Crippen LogP contribution in [-0.4, -0.2) is 0 Å². The Morgan fingerprint density at radius 1 is 0.163 bits per heavy atom. The number of hydrogen-bond acceptors (Lipinski definition) is 2. The molecule has 0 unspecified atom stereocenters. The van der Waals surface area contributed by atoms with Gasteiger partial charge in [-0.2, -0.15) is 0 Å². The highest BCUT2D eigenvalue weighted by molar-refractivity contribution is 6.25. The Bertz CT molecular complexity index is 5410. The van der Waals surface area contributed by atoms with E-state index in [2.05, 4.69) is 279 Å². The van der Waals surface area contributed by atoms with E-state index in [4.69, 9.17) is 8.83 Å². The molecule has 0 radical (unpaired) electrons. The Kier molecular flexibility index (Phi) is 9.75. The smallest absolute Gasteiger partial charge is 0.136 e. The molecule has 17 rings (SSSR count). The molecule has 15 aromatic carbocycles. The van der Waals surface area contributed by atoms with E-state index in [1.165, 1.54) is 109 Å². The minimum atomic E-state index is 0.873. The van der Waals surface area contributed by atoms with Crippen molar-refractivity contribution in [2.75, 3.05) is 0 Å². The van der Waals surface area contributed by atoms with E-state index >= 15 is 0 Å². The molecule has 2 heterocycles. The summed E-state index contributed by atoms with van der Waals surface area (Å²) in [4.78, 5) is 0. The normalized spacial score (nSPS) is 12.0. The van der Waals surface area contributed by atoms with Crippen molar-refractivity contribution in [3.8, 4) is 66.8 Å². The second-order valence-corrected chi connectivity index (χ2v) is 21.4. The molecule has 2 nitrogen and oxygen atoms in total. The summed E-state index contributed by atoms with van der Waals surface area (Å²) in [7, 11) is 0. The largest absolute Gasteiger partial charge is 0.456 e. The van der Waals surface area contributed by atoms with Crippen LogP contribution >= 0.6 is 0 Å². The lowest BCUT2D eigenvalue weighted by atomic mass is 9.82. The maximum absolute atomic E-state index is 6.81. The standard InChI is InChI=1S/C78H46O2/c1-3-17-47(18-4-1)57-25-11-12-26-60(57)78-64-30-16-15-29-63(64)77(56-34-36-59-68-40-50-22-8-10-24-52(50)44-74(68)80-72(59)46-56)70-42-54(32-38-66(70)78)53-31-37-65-69(41-53)76(62-28-14-13-27-61(62)75(65)48-19-5-2-6-20-48)55-33-35-58-67-39-49-21-7-9-23-51(49)43-73(67)79-71(58)45-55/h1-46H. The lowest BCUT2D eigenvalue weighted by Gasteiger charge is -2.21. The first-order valence-corrected chi connectivity index (χ1v) is 27.5. The second kappa shape index (κ2) is 17.5. The molecule has 0 aliphatic heterocycles. The Hall–Kier alpha value is -10.5. The summed E-state index contributed by atoms with van der Waals surface area (Å²) in [5.41, 5.74) is 17.6. The van der Waals surface area contributed by atoms with Crippen LogP contribution in [0.4, 0.5) is 0 Å². The summed E-state index contributed by atoms with van der Waals surface area (Å²) < 4.78 is 13.6. The maximum Gasteiger partial charge on any atom is 0.136 e. The molecule has 0 saturated heterocycles. The first-order chi connectivity index (χ1) is 39.6. The van der Waals surface area contributed by atoms with Gasteiger partial charge in [0.1, 0.15) is 22.3 Å². The number of fused-ring (bicyclic) bond motifs is 12. The molecule has 0 aliphatic rings. The van der Waals surface area contributed by atoms with E-state index in [1.807, 2.05) is 0 Å². The van der Waals surface area contributed by atoms with E-state index in [9.17, 15) is 0 Å². The highest BCUT2D eigenvalue weighted by Crippen LogP contribution is 2.50. The molecule has 0 amide bonds. The van der Waals surface area contributed by atoms with Crippen molar-refractivity contribution in [1.82, 2.24) is 0 Å². The predicted octanol–water partition coefficient (Wildman–Crippen LogP) is 22.4. The van der Waals surface area contributed by atoms with Crippen LogP contribution in [0.3, 0.4) is 0 Å². The first kappa shape index (κ1) is 44.6. The molecule has 2 aromatic heterocycles. The zero-order chi connectivity index (χ0) is 52.4. The average Bonchev–Trinajstić information content (AvgIpc) is 4.10. The fourth-order valence-corrected chi connectivity index (χ4v) is 13.3. The minimum Gasteiger partial charge on any atom is -0.456 e. The summed E-state index contributed by atoms with van der Waals surface area (Å²) in [5.74, 6) is 0. The zero-order valence-corrected chi connectivity index (χ0v) is 43.4. The van der Waals surface area contributed by atoms with E-state index in [1.54, 1.807) is 0 Å². The van der Waals surface area contributed by atoms with Crippen molar-refractivity contribution in [3.05, 3.63) is 279 Å². The van der Waals surface area contributed by atoms with Gasteiger partial charge < -0.3 is 8.83 Å². The number of hydrogen-bond donors (Lipinski definition) is 0. The van der Waals surface area contributed by atoms with Crippen molar-refractivity contribution in [1.29, 1.82) is 0 Å². The minimum absolute atomic E-state index is 0.873. The second-order valence-electron chi connectivity index (χ2n) is 21.4. The average molecular weight is 1020 g/mol. The molecule has 0 aliphatic carbocycles. The van der Waals surface area contributed by atoms with Crippen LogP contribution < -0.4 is 0 Å². The Balaban J connectivity index is 0.936. The van der Waals surface area contributed by atoms with Crippen LogP contribution in [0.2, 0.25) is 0 Å². The molecule has 0 fully saturated rings. The Morgan fingerprint density at radius 2 is 0.500 bits per heavy atom. The quantitative estimate of drug-likeness (QED) is 0.155. The summed E-state index contributed by atoms with van der Waals surface area (Å²) in [5, 5.41) is 18.8. The van der Waals surface area contributed by atoms with Crippen molar-refractivity contribution in [2.24, 2.45) is 0 Å². The Labute approximate surface area is 460 Å². The topological polar surface area (TPSA) is 26.3 Å². The highest BCUT2D eigenvalue weighted by atomic mass is 16.3. The van der Waals surface area contributed by atoms with E-state index < -0.39 is 0 Å². The van der Waals surface area contributed by atoms with Crippen LogP contribution in [0.5, 0.6) is 0 Å². The third-order valence-electron chi connectivity index (χ3n) is 17.0. The van der Waals surface area contributed by atoms with Gasteiger partial charge in [-0.05, 0) is 192 Å². The van der Waals surface area contributed by atoms with E-state index in [0.717, 1.165) is 66.1 Å². The molecule has 0 saturated carbocycles. The summed E-state index contributed by atoms with van der Waals surface area (Å²) >= 11 is 0. The van der Waals surface area contributed by atoms with E-state index in [-0.39, 0.29) is 0 Å². The van der Waals surface area contributed by atoms with Gasteiger partial charge in [0.25, 0.3) is 0 Å². The van der Waals surface area contributed by atoms with Crippen LogP contribution in [0.1, 0.15) is 0 Å². The predicted molar refractivity (Wildman–Crippen MR) is 339 cm³/mol. The van der Waals surface area contributed by atoms with Gasteiger partial charge in [0.2, 0.25) is 0 Å². The molecule has 2 heteroatoms. The van der Waals surface area contributed by atoms with Crippen LogP contribution in [0.25, 0.3) is 175 Å². The van der Waals surface area contributed by atoms with Gasteiger partial charge in [0.15, 0.2) is 0 Å². The summed E-state index contributed by atoms with van der Waals surface area (Å²) in [6, 6.07) is 102. The summed E-state index contributed by atoms with van der Waals surface area (Å²) in [6.07, 6.45) is 0. The van der Waals surface area contributed by atoms with Crippen molar-refractivity contribution >= 4 is 109 Å². The molecule has 17 aromatic rings. The number of benzene rings is 15. The molecule has 0 N–H and O–H groups in total. The third kappa shape index (κ3) is 6.86. The van der Waals surface area contributed by atoms with Crippen LogP contribution in [0, 0.1) is 0 Å². The number of rotatable bonds is 6. The fourth-order valence-electron chi connectivity index (χ4n) is 13.3. The van der Waals surface area contributed by atoms with Gasteiger partial charge in [-0.25, -0.2) is 0 Å². The molecular formula is C78H46O2. The van der Waals surface area contributed by atoms with Crippen molar-refractivity contribution in [2.45, 2.75) is 0 Å². The molecule has 0 spiro atoms. The first-order valence-electron chi connectivity index (χ1n) is 27.5. The Morgan fingerprint density at radius 3 is 1.00 bits per heavy atom. The highest BCUT2D eigenvalue weighted by Gasteiger charge is 2.23. The maximum atomic E-state index is 6.81. The van der Waals surface area contributed by atoms with Crippen LogP contribution in [0.15, 0.2) is 288 Å². The fraction of sp³-hybridized carbons (Fsp3) is 0. The SMILES string of the molecule is c1ccc(-c2ccccc2-c2c3ccccc3c(-c3ccc4c(c3)oc3cc5ccccc5cc34)c3cc(-c4ccc5c(-c6ccccc6)c6ccccc6c(-c6ccc7c(c6)oc6cc8ccccc8cc67)c5c4)ccc23)cc1. The van der Waals surface area contributed by atoms with Gasteiger partial charge in [-0.15, -0.1) is 0 Å².